The van der Waals surface area contributed by atoms with Crippen LogP contribution in [0.5, 0.6) is 0 Å². The van der Waals surface area contributed by atoms with Crippen LogP contribution in [0.25, 0.3) is 16.7 Å². The Hall–Kier alpha value is -2.47. The number of hydrogen-bond acceptors (Lipinski definition) is 5. The molecule has 2 heterocycles. The van der Waals surface area contributed by atoms with Crippen molar-refractivity contribution in [2.45, 2.75) is 13.8 Å². The van der Waals surface area contributed by atoms with Crippen molar-refractivity contribution in [1.82, 2.24) is 19.7 Å². The lowest BCUT2D eigenvalue weighted by Crippen LogP contribution is -2.09. The number of aryl methyl sites for hydroxylation is 2. The van der Waals surface area contributed by atoms with Gasteiger partial charge in [0.1, 0.15) is 12.1 Å². The molecule has 0 fully saturated rings. The van der Waals surface area contributed by atoms with Crippen molar-refractivity contribution in [3.63, 3.8) is 0 Å². The molecule has 0 saturated carbocycles. The van der Waals surface area contributed by atoms with Crippen molar-refractivity contribution < 1.29 is 4.74 Å². The second kappa shape index (κ2) is 6.11. The van der Waals surface area contributed by atoms with Crippen LogP contribution in [-0.4, -0.2) is 40.0 Å². The first-order valence-corrected chi connectivity index (χ1v) is 7.20. The van der Waals surface area contributed by atoms with Crippen LogP contribution in [0.4, 0.5) is 5.82 Å². The Morgan fingerprint density at radius 1 is 1.18 bits per heavy atom. The topological polar surface area (TPSA) is 64.9 Å². The molecule has 0 spiro atoms. The third kappa shape index (κ3) is 2.65. The number of methoxy groups -OCH3 is 1. The first kappa shape index (κ1) is 14.5. The minimum atomic E-state index is 0.622. The van der Waals surface area contributed by atoms with Gasteiger partial charge in [-0.1, -0.05) is 6.07 Å². The molecule has 3 aromatic rings. The maximum absolute atomic E-state index is 5.05. The molecule has 0 saturated heterocycles. The first-order chi connectivity index (χ1) is 10.7. The van der Waals surface area contributed by atoms with Crippen LogP contribution in [0.3, 0.4) is 0 Å². The van der Waals surface area contributed by atoms with E-state index in [1.54, 1.807) is 19.6 Å². The van der Waals surface area contributed by atoms with Crippen LogP contribution in [0.2, 0.25) is 0 Å². The van der Waals surface area contributed by atoms with E-state index in [0.29, 0.717) is 13.2 Å². The third-order valence-electron chi connectivity index (χ3n) is 3.70. The van der Waals surface area contributed by atoms with E-state index in [2.05, 4.69) is 52.4 Å². The summed E-state index contributed by atoms with van der Waals surface area (Å²) < 4.78 is 6.89. The Kier molecular flexibility index (Phi) is 4.02. The number of rotatable bonds is 5. The van der Waals surface area contributed by atoms with E-state index in [1.165, 1.54) is 11.1 Å². The van der Waals surface area contributed by atoms with Crippen LogP contribution in [0.1, 0.15) is 11.1 Å². The SMILES string of the molecule is COCCNc1ncnc2c1cnn2-c1ccc(C)c(C)c1. The highest BCUT2D eigenvalue weighted by atomic mass is 16.5. The molecule has 2 aromatic heterocycles. The van der Waals surface area contributed by atoms with E-state index in [1.807, 2.05) is 4.68 Å². The van der Waals surface area contributed by atoms with Gasteiger partial charge < -0.3 is 10.1 Å². The zero-order valence-corrected chi connectivity index (χ0v) is 13.0. The van der Waals surface area contributed by atoms with Crippen LogP contribution in [0.15, 0.2) is 30.7 Å². The summed E-state index contributed by atoms with van der Waals surface area (Å²) in [6.07, 6.45) is 3.34. The first-order valence-electron chi connectivity index (χ1n) is 7.20. The monoisotopic (exact) mass is 297 g/mol. The van der Waals surface area contributed by atoms with E-state index in [-0.39, 0.29) is 0 Å². The molecule has 0 radical (unpaired) electrons. The number of anilines is 1. The molecule has 0 aliphatic rings. The molecule has 0 atom stereocenters. The molecule has 0 amide bonds. The molecule has 6 nitrogen and oxygen atoms in total. The molecule has 0 aliphatic carbocycles. The molecule has 0 aliphatic heterocycles. The van der Waals surface area contributed by atoms with Crippen LogP contribution in [-0.2, 0) is 4.74 Å². The van der Waals surface area contributed by atoms with Crippen molar-refractivity contribution >= 4 is 16.9 Å². The number of aromatic nitrogens is 4. The summed E-state index contributed by atoms with van der Waals surface area (Å²) in [5, 5.41) is 8.61. The molecular formula is C16H19N5O. The fraction of sp³-hybridized carbons (Fsp3) is 0.312. The highest BCUT2D eigenvalue weighted by Gasteiger charge is 2.11. The number of nitrogens with one attached hydrogen (secondary N) is 1. The molecular weight excluding hydrogens is 278 g/mol. The van der Waals surface area contributed by atoms with Gasteiger partial charge in [-0.2, -0.15) is 5.10 Å². The molecule has 1 N–H and O–H groups in total. The normalized spacial score (nSPS) is 11.0. The van der Waals surface area contributed by atoms with Gasteiger partial charge in [-0.05, 0) is 37.1 Å². The maximum atomic E-state index is 5.05. The van der Waals surface area contributed by atoms with E-state index in [0.717, 1.165) is 22.5 Å². The minimum absolute atomic E-state index is 0.622. The summed E-state index contributed by atoms with van der Waals surface area (Å²) in [6, 6.07) is 6.26. The van der Waals surface area contributed by atoms with E-state index >= 15 is 0 Å². The summed E-state index contributed by atoms with van der Waals surface area (Å²) in [5.74, 6) is 0.775. The van der Waals surface area contributed by atoms with Gasteiger partial charge in [0.2, 0.25) is 0 Å². The van der Waals surface area contributed by atoms with Crippen LogP contribution >= 0.6 is 0 Å². The molecule has 0 bridgehead atoms. The lowest BCUT2D eigenvalue weighted by molar-refractivity contribution is 0.210. The fourth-order valence-corrected chi connectivity index (χ4v) is 2.30. The predicted molar refractivity (Wildman–Crippen MR) is 86.5 cm³/mol. The zero-order chi connectivity index (χ0) is 15.5. The van der Waals surface area contributed by atoms with Crippen molar-refractivity contribution in [1.29, 1.82) is 0 Å². The summed E-state index contributed by atoms with van der Waals surface area (Å²) in [4.78, 5) is 8.66. The molecule has 6 heteroatoms. The lowest BCUT2D eigenvalue weighted by atomic mass is 10.1. The number of benzene rings is 1. The standard InChI is InChI=1S/C16H19N5O/c1-11-4-5-13(8-12(11)2)21-16-14(9-20-21)15(18-10-19-16)17-6-7-22-3/h4-5,8-10H,6-7H2,1-3H3,(H,17,18,19). The van der Waals surface area contributed by atoms with Gasteiger partial charge in [-0.15, -0.1) is 0 Å². The number of nitrogens with zero attached hydrogens (tertiary/aromatic N) is 4. The second-order valence-corrected chi connectivity index (χ2v) is 5.20. The molecule has 22 heavy (non-hydrogen) atoms. The van der Waals surface area contributed by atoms with Gasteiger partial charge in [0.15, 0.2) is 5.65 Å². The Morgan fingerprint density at radius 2 is 2.05 bits per heavy atom. The second-order valence-electron chi connectivity index (χ2n) is 5.20. The summed E-state index contributed by atoms with van der Waals surface area (Å²) in [5.41, 5.74) is 4.28. The largest absolute Gasteiger partial charge is 0.383 e. The zero-order valence-electron chi connectivity index (χ0n) is 13.0. The van der Waals surface area contributed by atoms with Crippen molar-refractivity contribution in [2.24, 2.45) is 0 Å². The summed E-state index contributed by atoms with van der Waals surface area (Å²) in [7, 11) is 1.68. The number of hydrogen-bond donors (Lipinski definition) is 1. The van der Waals surface area contributed by atoms with Gasteiger partial charge in [0.05, 0.1) is 23.9 Å². The Labute approximate surface area is 129 Å². The lowest BCUT2D eigenvalue weighted by Gasteiger charge is -2.07. The van der Waals surface area contributed by atoms with Crippen molar-refractivity contribution in [3.8, 4) is 5.69 Å². The van der Waals surface area contributed by atoms with E-state index in [4.69, 9.17) is 4.74 Å². The quantitative estimate of drug-likeness (QED) is 0.733. The van der Waals surface area contributed by atoms with Gasteiger partial charge in [-0.25, -0.2) is 14.6 Å². The fourth-order valence-electron chi connectivity index (χ4n) is 2.30. The molecule has 114 valence electrons. The van der Waals surface area contributed by atoms with Gasteiger partial charge in [0.25, 0.3) is 0 Å². The van der Waals surface area contributed by atoms with Crippen LogP contribution < -0.4 is 5.32 Å². The van der Waals surface area contributed by atoms with Crippen molar-refractivity contribution in [3.05, 3.63) is 41.9 Å². The average molecular weight is 297 g/mol. The number of fused-ring (bicyclic) bond motifs is 1. The number of ether oxygens (including phenoxy) is 1. The Morgan fingerprint density at radius 3 is 2.82 bits per heavy atom. The van der Waals surface area contributed by atoms with E-state index in [9.17, 15) is 0 Å². The summed E-state index contributed by atoms with van der Waals surface area (Å²) in [6.45, 7) is 5.51. The predicted octanol–water partition coefficient (Wildman–Crippen LogP) is 2.49. The van der Waals surface area contributed by atoms with E-state index < -0.39 is 0 Å². The molecule has 1 aromatic carbocycles. The van der Waals surface area contributed by atoms with Crippen molar-refractivity contribution in [2.75, 3.05) is 25.6 Å². The Balaban J connectivity index is 2.01. The highest BCUT2D eigenvalue weighted by Crippen LogP contribution is 2.22. The van der Waals surface area contributed by atoms with Gasteiger partial charge >= 0.3 is 0 Å². The van der Waals surface area contributed by atoms with Crippen LogP contribution in [0, 0.1) is 13.8 Å². The Bertz CT molecular complexity index is 796. The van der Waals surface area contributed by atoms with Gasteiger partial charge in [0, 0.05) is 13.7 Å². The average Bonchev–Trinajstić information content (AvgIpc) is 2.95. The molecule has 3 rings (SSSR count). The highest BCUT2D eigenvalue weighted by molar-refractivity contribution is 5.87. The minimum Gasteiger partial charge on any atom is -0.383 e. The third-order valence-corrected chi connectivity index (χ3v) is 3.70. The smallest absolute Gasteiger partial charge is 0.168 e. The maximum Gasteiger partial charge on any atom is 0.168 e. The molecule has 0 unspecified atom stereocenters. The summed E-state index contributed by atoms with van der Waals surface area (Å²) >= 11 is 0. The van der Waals surface area contributed by atoms with Gasteiger partial charge in [-0.3, -0.25) is 0 Å².